The van der Waals surface area contributed by atoms with E-state index in [4.69, 9.17) is 4.74 Å². The van der Waals surface area contributed by atoms with Crippen LogP contribution < -0.4 is 0 Å². The topological polar surface area (TPSA) is 104 Å². The minimum atomic E-state index is -4.09. The largest absolute Gasteiger partial charge is 0.462 e. The summed E-state index contributed by atoms with van der Waals surface area (Å²) in [5, 5.41) is 11.1. The molecule has 1 aromatic carbocycles. The molecule has 0 radical (unpaired) electrons. The average Bonchev–Trinajstić information content (AvgIpc) is 2.94. The maximum atomic E-state index is 12.6. The van der Waals surface area contributed by atoms with E-state index in [1.165, 1.54) is 12.1 Å². The number of carbonyl (C=O) groups is 1. The fourth-order valence-electron chi connectivity index (χ4n) is 1.81. The normalized spacial score (nSPS) is 11.2. The summed E-state index contributed by atoms with van der Waals surface area (Å²) in [4.78, 5) is 21.8. The Bertz CT molecular complexity index is 852. The Morgan fingerprint density at radius 1 is 1.30 bits per heavy atom. The van der Waals surface area contributed by atoms with E-state index in [1.807, 2.05) is 0 Å². The number of aryl methyl sites for hydroxylation is 1. The van der Waals surface area contributed by atoms with Crippen LogP contribution in [0.5, 0.6) is 0 Å². The molecule has 0 saturated heterocycles. The second-order valence-corrected chi connectivity index (χ2v) is 7.77. The van der Waals surface area contributed by atoms with Crippen LogP contribution in [0.4, 0.5) is 5.69 Å². The van der Waals surface area contributed by atoms with Gasteiger partial charge in [0.1, 0.15) is 4.88 Å². The third kappa shape index (κ3) is 3.40. The van der Waals surface area contributed by atoms with Crippen LogP contribution in [0.3, 0.4) is 0 Å². The first-order chi connectivity index (χ1) is 10.8. The summed E-state index contributed by atoms with van der Waals surface area (Å²) in [6, 6.07) is 6.87. The molecule has 1 heterocycles. The van der Waals surface area contributed by atoms with Crippen LogP contribution in [0.2, 0.25) is 0 Å². The number of ether oxygens (including phenoxy) is 1. The Balaban J connectivity index is 2.59. The summed E-state index contributed by atoms with van der Waals surface area (Å²) in [5.41, 5.74) is 0.232. The summed E-state index contributed by atoms with van der Waals surface area (Å²) in [7, 11) is -4.09. The zero-order valence-electron chi connectivity index (χ0n) is 12.3. The van der Waals surface area contributed by atoms with Gasteiger partial charge < -0.3 is 4.74 Å². The maximum absolute atomic E-state index is 12.6. The highest BCUT2D eigenvalue weighted by Gasteiger charge is 2.33. The molecule has 0 N–H and O–H groups in total. The van der Waals surface area contributed by atoms with Crippen molar-refractivity contribution in [1.29, 1.82) is 0 Å². The van der Waals surface area contributed by atoms with Crippen LogP contribution >= 0.6 is 11.3 Å². The molecule has 0 fully saturated rings. The van der Waals surface area contributed by atoms with Crippen LogP contribution in [-0.4, -0.2) is 25.9 Å². The predicted octanol–water partition coefficient (Wildman–Crippen LogP) is 2.97. The van der Waals surface area contributed by atoms with Crippen LogP contribution in [0, 0.1) is 17.0 Å². The Kier molecular flexibility index (Phi) is 4.81. The van der Waals surface area contributed by atoms with Gasteiger partial charge in [-0.1, -0.05) is 17.7 Å². The molecule has 9 heteroatoms. The number of rotatable bonds is 5. The average molecular weight is 355 g/mol. The Hall–Kier alpha value is -2.26. The molecule has 0 aliphatic heterocycles. The van der Waals surface area contributed by atoms with E-state index in [9.17, 15) is 23.3 Å². The standard InChI is InChI=1S/C14H13NO6S2/c1-3-21-13(16)12-8-11(15(17)18)14(22-12)23(19,20)10-6-4-9(2)5-7-10/h4-8H,3H2,1-2H3. The van der Waals surface area contributed by atoms with Crippen molar-refractivity contribution in [3.8, 4) is 0 Å². The molecule has 0 atom stereocenters. The lowest BCUT2D eigenvalue weighted by Gasteiger charge is -2.02. The van der Waals surface area contributed by atoms with E-state index in [2.05, 4.69) is 0 Å². The number of sulfone groups is 1. The predicted molar refractivity (Wildman–Crippen MR) is 83.6 cm³/mol. The highest BCUT2D eigenvalue weighted by atomic mass is 32.2. The first-order valence-corrected chi connectivity index (χ1v) is 8.84. The van der Waals surface area contributed by atoms with Crippen molar-refractivity contribution in [2.45, 2.75) is 23.0 Å². The van der Waals surface area contributed by atoms with Crippen molar-refractivity contribution in [1.82, 2.24) is 0 Å². The molecule has 122 valence electrons. The summed E-state index contributed by atoms with van der Waals surface area (Å²) in [5.74, 6) is -0.786. The van der Waals surface area contributed by atoms with Crippen LogP contribution in [0.1, 0.15) is 22.2 Å². The van der Waals surface area contributed by atoms with Gasteiger partial charge in [-0.3, -0.25) is 10.1 Å². The quantitative estimate of drug-likeness (QED) is 0.464. The Labute approximate surface area is 136 Å². The second-order valence-electron chi connectivity index (χ2n) is 4.58. The molecule has 0 aliphatic carbocycles. The second kappa shape index (κ2) is 6.47. The number of hydrogen-bond acceptors (Lipinski definition) is 7. The lowest BCUT2D eigenvalue weighted by molar-refractivity contribution is -0.387. The van der Waals surface area contributed by atoms with E-state index in [0.29, 0.717) is 11.3 Å². The van der Waals surface area contributed by atoms with Gasteiger partial charge in [0, 0.05) is 6.07 Å². The van der Waals surface area contributed by atoms with Crippen molar-refractivity contribution >= 4 is 32.8 Å². The molecular formula is C14H13NO6S2. The fraction of sp³-hybridized carbons (Fsp3) is 0.214. The molecule has 1 aromatic heterocycles. The van der Waals surface area contributed by atoms with Gasteiger partial charge in [-0.2, -0.15) is 0 Å². The van der Waals surface area contributed by atoms with Gasteiger partial charge in [0.05, 0.1) is 16.4 Å². The van der Waals surface area contributed by atoms with Gasteiger partial charge in [0.2, 0.25) is 14.0 Å². The van der Waals surface area contributed by atoms with Crippen molar-refractivity contribution < 1.29 is 22.9 Å². The minimum absolute atomic E-state index is 0.0662. The maximum Gasteiger partial charge on any atom is 0.348 e. The van der Waals surface area contributed by atoms with Crippen molar-refractivity contribution in [2.24, 2.45) is 0 Å². The molecule has 0 bridgehead atoms. The number of hydrogen-bond donors (Lipinski definition) is 0. The molecule has 0 aliphatic rings. The van der Waals surface area contributed by atoms with E-state index in [-0.39, 0.29) is 16.4 Å². The third-order valence-corrected chi connectivity index (χ3v) is 6.33. The highest BCUT2D eigenvalue weighted by Crippen LogP contribution is 2.37. The molecule has 2 rings (SSSR count). The number of esters is 1. The van der Waals surface area contributed by atoms with Gasteiger partial charge in [-0.05, 0) is 26.0 Å². The number of thiophene rings is 1. The molecule has 0 spiro atoms. The molecule has 23 heavy (non-hydrogen) atoms. The van der Waals surface area contributed by atoms with E-state index < -0.39 is 30.6 Å². The van der Waals surface area contributed by atoms with E-state index in [1.54, 1.807) is 26.0 Å². The number of nitro groups is 1. The first-order valence-electron chi connectivity index (χ1n) is 6.54. The van der Waals surface area contributed by atoms with Crippen LogP contribution in [0.25, 0.3) is 0 Å². The van der Waals surface area contributed by atoms with Crippen LogP contribution in [0.15, 0.2) is 39.4 Å². The van der Waals surface area contributed by atoms with Crippen molar-refractivity contribution in [2.75, 3.05) is 6.61 Å². The molecule has 0 unspecified atom stereocenters. The molecule has 0 amide bonds. The van der Waals surface area contributed by atoms with Gasteiger partial charge in [-0.25, -0.2) is 13.2 Å². The number of carbonyl (C=O) groups excluding carboxylic acids is 1. The summed E-state index contributed by atoms with van der Waals surface area (Å²) in [6.07, 6.45) is 0. The minimum Gasteiger partial charge on any atom is -0.462 e. The van der Waals surface area contributed by atoms with Gasteiger partial charge >= 0.3 is 5.97 Å². The first kappa shape index (κ1) is 17.1. The summed E-state index contributed by atoms with van der Waals surface area (Å²) >= 11 is 0.538. The van der Waals surface area contributed by atoms with Crippen molar-refractivity contribution in [3.63, 3.8) is 0 Å². The fourth-order valence-corrected chi connectivity index (χ4v) is 4.68. The molecule has 7 nitrogen and oxygen atoms in total. The lowest BCUT2D eigenvalue weighted by atomic mass is 10.2. The SMILES string of the molecule is CCOC(=O)c1cc([N+](=O)[O-])c(S(=O)(=O)c2ccc(C)cc2)s1. The molecule has 2 aromatic rings. The van der Waals surface area contributed by atoms with Gasteiger partial charge in [-0.15, -0.1) is 11.3 Å². The molecular weight excluding hydrogens is 342 g/mol. The lowest BCUT2D eigenvalue weighted by Crippen LogP contribution is -2.02. The smallest absolute Gasteiger partial charge is 0.348 e. The highest BCUT2D eigenvalue weighted by molar-refractivity contribution is 7.93. The zero-order valence-corrected chi connectivity index (χ0v) is 13.9. The third-order valence-electron chi connectivity index (χ3n) is 2.93. The van der Waals surface area contributed by atoms with Gasteiger partial charge in [0.15, 0.2) is 0 Å². The number of nitrogens with zero attached hydrogens (tertiary/aromatic N) is 1. The molecule has 0 saturated carbocycles. The van der Waals surface area contributed by atoms with Gasteiger partial charge in [0.25, 0.3) is 5.69 Å². The van der Waals surface area contributed by atoms with E-state index >= 15 is 0 Å². The van der Waals surface area contributed by atoms with Crippen molar-refractivity contribution in [3.05, 3.63) is 50.9 Å². The zero-order chi connectivity index (χ0) is 17.2. The van der Waals surface area contributed by atoms with E-state index in [0.717, 1.165) is 11.6 Å². The number of benzene rings is 1. The monoisotopic (exact) mass is 355 g/mol. The van der Waals surface area contributed by atoms with Crippen LogP contribution in [-0.2, 0) is 14.6 Å². The Morgan fingerprint density at radius 3 is 2.43 bits per heavy atom. The Morgan fingerprint density at radius 2 is 1.91 bits per heavy atom. The summed E-state index contributed by atoms with van der Waals surface area (Å²) < 4.78 is 29.5. The summed E-state index contributed by atoms with van der Waals surface area (Å²) in [6.45, 7) is 3.47.